The Morgan fingerprint density at radius 3 is 2.52 bits per heavy atom. The molecular weight excluding hydrogens is 408 g/mol. The van der Waals surface area contributed by atoms with E-state index in [0.29, 0.717) is 30.6 Å². The lowest BCUT2D eigenvalue weighted by atomic mass is 9.62. The zero-order valence-electron chi connectivity index (χ0n) is 21.8. The number of hydrogen-bond acceptors (Lipinski definition) is 3. The third kappa shape index (κ3) is 6.21. The van der Waals surface area contributed by atoms with Crippen LogP contribution in [-0.4, -0.2) is 34.1 Å². The van der Waals surface area contributed by atoms with Crippen LogP contribution in [0.4, 0.5) is 0 Å². The van der Waals surface area contributed by atoms with E-state index in [9.17, 15) is 10.2 Å². The standard InChI is InChI=1S/C30H50O3/c1-20(2)21(3)10-11-22(4)26-14-15-27-24(8-6-16-30(26,27)5)13-12-23-18-28(32)25(9-7-17-31)29(33)19-23/h8,12-13,18,20-22,25-29,31-33H,6-7,9-11,14-17,19H2,1-5H3/b13-12+/t21-,22+,25+,26+,27-,28+,29+,30+/m0/s1. The molecule has 3 aliphatic carbocycles. The van der Waals surface area contributed by atoms with E-state index < -0.39 is 12.2 Å². The minimum atomic E-state index is -0.629. The van der Waals surface area contributed by atoms with Crippen molar-refractivity contribution in [1.29, 1.82) is 0 Å². The summed E-state index contributed by atoms with van der Waals surface area (Å²) in [6.45, 7) is 12.3. The first-order valence-corrected chi connectivity index (χ1v) is 13.7. The Morgan fingerprint density at radius 1 is 1.09 bits per heavy atom. The molecule has 3 heteroatoms. The number of allylic oxidation sites excluding steroid dienone is 4. The fourth-order valence-corrected chi connectivity index (χ4v) is 7.09. The minimum Gasteiger partial charge on any atom is -0.396 e. The van der Waals surface area contributed by atoms with Crippen LogP contribution in [-0.2, 0) is 0 Å². The first kappa shape index (κ1) is 26.7. The van der Waals surface area contributed by atoms with Crippen molar-refractivity contribution in [3.63, 3.8) is 0 Å². The van der Waals surface area contributed by atoms with Gasteiger partial charge in [-0.15, -0.1) is 0 Å². The van der Waals surface area contributed by atoms with Crippen molar-refractivity contribution in [2.45, 2.75) is 105 Å². The molecule has 3 rings (SSSR count). The molecule has 0 radical (unpaired) electrons. The highest BCUT2D eigenvalue weighted by Crippen LogP contribution is 2.59. The predicted octanol–water partition coefficient (Wildman–Crippen LogP) is 6.44. The maximum atomic E-state index is 10.6. The highest BCUT2D eigenvalue weighted by Gasteiger charge is 2.49. The van der Waals surface area contributed by atoms with E-state index in [1.54, 1.807) is 0 Å². The molecule has 3 aliphatic rings. The Bertz CT molecular complexity index is 720. The predicted molar refractivity (Wildman–Crippen MR) is 138 cm³/mol. The van der Waals surface area contributed by atoms with Gasteiger partial charge in [-0.1, -0.05) is 71.8 Å². The van der Waals surface area contributed by atoms with Gasteiger partial charge in [-0.05, 0) is 91.1 Å². The summed E-state index contributed by atoms with van der Waals surface area (Å²) in [6, 6.07) is 0. The number of aliphatic hydroxyl groups excluding tert-OH is 3. The average molecular weight is 459 g/mol. The molecule has 3 N–H and O–H groups in total. The number of rotatable bonds is 10. The van der Waals surface area contributed by atoms with Gasteiger partial charge in [0.05, 0.1) is 12.2 Å². The molecule has 0 saturated heterocycles. The zero-order chi connectivity index (χ0) is 24.2. The highest BCUT2D eigenvalue weighted by atomic mass is 16.3. The van der Waals surface area contributed by atoms with Crippen LogP contribution in [0.1, 0.15) is 92.4 Å². The van der Waals surface area contributed by atoms with Crippen LogP contribution in [0.2, 0.25) is 0 Å². The lowest BCUT2D eigenvalue weighted by Gasteiger charge is -2.43. The fourth-order valence-electron chi connectivity index (χ4n) is 7.09. The van der Waals surface area contributed by atoms with E-state index in [0.717, 1.165) is 35.7 Å². The highest BCUT2D eigenvalue weighted by molar-refractivity contribution is 5.35. The molecule has 0 heterocycles. The molecule has 0 spiro atoms. The molecule has 1 fully saturated rings. The van der Waals surface area contributed by atoms with Crippen molar-refractivity contribution in [2.24, 2.45) is 40.9 Å². The van der Waals surface area contributed by atoms with E-state index >= 15 is 0 Å². The van der Waals surface area contributed by atoms with Gasteiger partial charge in [-0.25, -0.2) is 0 Å². The van der Waals surface area contributed by atoms with Gasteiger partial charge in [-0.3, -0.25) is 0 Å². The molecule has 0 unspecified atom stereocenters. The Kier molecular flexibility index (Phi) is 9.46. The Labute approximate surface area is 203 Å². The smallest absolute Gasteiger partial charge is 0.0779 e. The topological polar surface area (TPSA) is 60.7 Å². The molecule has 1 saturated carbocycles. The van der Waals surface area contributed by atoms with E-state index in [1.807, 2.05) is 6.08 Å². The summed E-state index contributed by atoms with van der Waals surface area (Å²) in [5.74, 6) is 3.64. The van der Waals surface area contributed by atoms with Crippen LogP contribution < -0.4 is 0 Å². The zero-order valence-corrected chi connectivity index (χ0v) is 21.8. The van der Waals surface area contributed by atoms with Gasteiger partial charge < -0.3 is 15.3 Å². The van der Waals surface area contributed by atoms with E-state index in [1.165, 1.54) is 37.7 Å². The van der Waals surface area contributed by atoms with Crippen LogP contribution >= 0.6 is 0 Å². The van der Waals surface area contributed by atoms with Crippen LogP contribution in [0.5, 0.6) is 0 Å². The van der Waals surface area contributed by atoms with Crippen LogP contribution in [0.25, 0.3) is 0 Å². The summed E-state index contributed by atoms with van der Waals surface area (Å²) in [6.07, 6.45) is 17.3. The van der Waals surface area contributed by atoms with Gasteiger partial charge in [0.2, 0.25) is 0 Å². The summed E-state index contributed by atoms with van der Waals surface area (Å²) in [4.78, 5) is 0. The minimum absolute atomic E-state index is 0.108. The molecule has 33 heavy (non-hydrogen) atoms. The van der Waals surface area contributed by atoms with Gasteiger partial charge in [0, 0.05) is 12.5 Å². The summed E-state index contributed by atoms with van der Waals surface area (Å²) in [5.41, 5.74) is 2.90. The number of aliphatic hydroxyl groups is 3. The van der Waals surface area contributed by atoms with Crippen molar-refractivity contribution in [3.05, 3.63) is 35.5 Å². The second kappa shape index (κ2) is 11.7. The number of fused-ring (bicyclic) bond motifs is 1. The molecule has 0 aromatic carbocycles. The van der Waals surface area contributed by atoms with Crippen LogP contribution in [0, 0.1) is 40.9 Å². The number of hydrogen-bond donors (Lipinski definition) is 3. The van der Waals surface area contributed by atoms with Crippen LogP contribution in [0.3, 0.4) is 0 Å². The molecule has 0 bridgehead atoms. The summed E-state index contributed by atoms with van der Waals surface area (Å²) >= 11 is 0. The Morgan fingerprint density at radius 2 is 1.85 bits per heavy atom. The lowest BCUT2D eigenvalue weighted by Crippen LogP contribution is -2.35. The van der Waals surface area contributed by atoms with Crippen molar-refractivity contribution in [3.8, 4) is 0 Å². The second-order valence-electron chi connectivity index (χ2n) is 12.1. The van der Waals surface area contributed by atoms with E-state index in [-0.39, 0.29) is 12.5 Å². The van der Waals surface area contributed by atoms with Crippen molar-refractivity contribution < 1.29 is 15.3 Å². The Balaban J connectivity index is 1.64. The average Bonchev–Trinajstić information content (AvgIpc) is 3.12. The summed E-state index contributed by atoms with van der Waals surface area (Å²) in [5, 5.41) is 30.1. The van der Waals surface area contributed by atoms with Gasteiger partial charge >= 0.3 is 0 Å². The molecule has 3 nitrogen and oxygen atoms in total. The van der Waals surface area contributed by atoms with Crippen molar-refractivity contribution in [1.82, 2.24) is 0 Å². The van der Waals surface area contributed by atoms with Crippen LogP contribution in [0.15, 0.2) is 35.5 Å². The molecule has 0 aromatic heterocycles. The van der Waals surface area contributed by atoms with Crippen molar-refractivity contribution >= 4 is 0 Å². The normalized spacial score (nSPS) is 36.6. The fraction of sp³-hybridized carbons (Fsp3) is 0.800. The Hall–Kier alpha value is -0.900. The molecule has 188 valence electrons. The van der Waals surface area contributed by atoms with Gasteiger partial charge in [0.25, 0.3) is 0 Å². The first-order chi connectivity index (χ1) is 15.7. The molecule has 0 aromatic rings. The van der Waals surface area contributed by atoms with E-state index in [2.05, 4.69) is 52.8 Å². The maximum absolute atomic E-state index is 10.6. The van der Waals surface area contributed by atoms with Crippen molar-refractivity contribution in [2.75, 3.05) is 6.61 Å². The maximum Gasteiger partial charge on any atom is 0.0779 e. The summed E-state index contributed by atoms with van der Waals surface area (Å²) in [7, 11) is 0. The SMILES string of the molecule is CC(C)[C@@H](C)CC[C@@H](C)[C@H]1CC[C@H]2C(/C=C/C3=C[C@@H](O)[C@@H](CCCO)[C@H](O)C3)=CCC[C@]12C. The van der Waals surface area contributed by atoms with Gasteiger partial charge in [-0.2, -0.15) is 0 Å². The monoisotopic (exact) mass is 458 g/mol. The molecule has 0 aliphatic heterocycles. The molecule has 8 atom stereocenters. The van der Waals surface area contributed by atoms with Gasteiger partial charge in [0.1, 0.15) is 0 Å². The van der Waals surface area contributed by atoms with Gasteiger partial charge in [0.15, 0.2) is 0 Å². The molecule has 0 amide bonds. The third-order valence-electron chi connectivity index (χ3n) is 9.73. The first-order valence-electron chi connectivity index (χ1n) is 13.7. The van der Waals surface area contributed by atoms with E-state index in [4.69, 9.17) is 5.11 Å². The largest absolute Gasteiger partial charge is 0.396 e. The molecular formula is C30H50O3. The third-order valence-corrected chi connectivity index (χ3v) is 9.73. The second-order valence-corrected chi connectivity index (χ2v) is 12.1. The summed E-state index contributed by atoms with van der Waals surface area (Å²) < 4.78 is 0. The quantitative estimate of drug-likeness (QED) is 0.353. The lowest BCUT2D eigenvalue weighted by molar-refractivity contribution is 0.0191.